The third-order valence-electron chi connectivity index (χ3n) is 4.99. The van der Waals surface area contributed by atoms with Crippen LogP contribution < -0.4 is 0 Å². The minimum atomic E-state index is -0.663. The van der Waals surface area contributed by atoms with E-state index in [1.54, 1.807) is 0 Å². The van der Waals surface area contributed by atoms with Crippen LogP contribution in [-0.2, 0) is 9.59 Å². The molecule has 0 saturated carbocycles. The van der Waals surface area contributed by atoms with Gasteiger partial charge in [-0.05, 0) is 12.8 Å². The second kappa shape index (κ2) is 30.1. The molecule has 0 aliphatic carbocycles. The molecule has 0 bridgehead atoms. The van der Waals surface area contributed by atoms with E-state index in [9.17, 15) is 9.59 Å². The maximum absolute atomic E-state index is 10.3. The first-order valence-electron chi connectivity index (χ1n) is 12.0. The summed E-state index contributed by atoms with van der Waals surface area (Å²) in [4.78, 5) is 20.4. The maximum atomic E-state index is 10.3. The molecule has 0 atom stereocenters. The van der Waals surface area contributed by atoms with E-state index in [1.807, 2.05) is 0 Å². The molecule has 0 aromatic rings. The van der Waals surface area contributed by atoms with Crippen LogP contribution in [0.1, 0.15) is 142 Å². The number of rotatable bonds is 20. The van der Waals surface area contributed by atoms with E-state index < -0.39 is 11.9 Å². The fourth-order valence-electron chi connectivity index (χ4n) is 3.17. The van der Waals surface area contributed by atoms with Gasteiger partial charge in [-0.3, -0.25) is 9.59 Å². The van der Waals surface area contributed by atoms with Crippen molar-refractivity contribution in [2.45, 2.75) is 142 Å². The Morgan fingerprint density at radius 1 is 0.448 bits per heavy atom. The molecular formula is C24H49NaO4. The molecule has 0 aromatic heterocycles. The predicted molar refractivity (Wildman–Crippen MR) is 126 cm³/mol. The summed E-state index contributed by atoms with van der Waals surface area (Å²) in [6, 6.07) is 0. The van der Waals surface area contributed by atoms with Gasteiger partial charge in [-0.15, -0.1) is 0 Å². The Kier molecular flexibility index (Phi) is 34.9. The van der Waals surface area contributed by atoms with Gasteiger partial charge in [-0.2, -0.15) is 0 Å². The summed E-state index contributed by atoms with van der Waals surface area (Å²) < 4.78 is 0. The Morgan fingerprint density at radius 2 is 0.655 bits per heavy atom. The quantitative estimate of drug-likeness (QED) is 0.158. The Bertz CT molecular complexity index is 335. The molecule has 0 spiro atoms. The predicted octanol–water partition coefficient (Wildman–Crippen LogP) is 7.34. The average molecular weight is 425 g/mol. The molecule has 0 aliphatic rings. The van der Waals surface area contributed by atoms with Crippen LogP contribution >= 0.6 is 0 Å². The summed E-state index contributed by atoms with van der Waals surface area (Å²) in [6.07, 6.45) is 23.0. The van der Waals surface area contributed by atoms with Gasteiger partial charge in [0.25, 0.3) is 0 Å². The van der Waals surface area contributed by atoms with Gasteiger partial charge in [0.05, 0.1) is 0 Å². The molecule has 0 unspecified atom stereocenters. The molecule has 29 heavy (non-hydrogen) atoms. The number of carboxylic acid groups (broad SMARTS) is 2. The number of hydrogen-bond donors (Lipinski definition) is 2. The van der Waals surface area contributed by atoms with Crippen molar-refractivity contribution in [3.63, 3.8) is 0 Å². The number of aliphatic carboxylic acids is 2. The minimum absolute atomic E-state index is 0. The zero-order valence-electron chi connectivity index (χ0n) is 18.9. The van der Waals surface area contributed by atoms with Crippen LogP contribution in [0.15, 0.2) is 0 Å². The third kappa shape index (κ3) is 39.1. The Balaban J connectivity index is -0.000000468. The second-order valence-corrected chi connectivity index (χ2v) is 7.94. The van der Waals surface area contributed by atoms with Gasteiger partial charge in [0.15, 0.2) is 0 Å². The fraction of sp³-hybridized carbons (Fsp3) is 0.917. The summed E-state index contributed by atoms with van der Waals surface area (Å²) in [7, 11) is 0. The molecule has 0 aromatic carbocycles. The number of unbranched alkanes of at least 4 members (excludes halogenated alkanes) is 16. The molecule has 4 nitrogen and oxygen atoms in total. The summed E-state index contributed by atoms with van der Waals surface area (Å²) in [6.45, 7) is 4.45. The van der Waals surface area contributed by atoms with Gasteiger partial charge >= 0.3 is 41.5 Å². The summed E-state index contributed by atoms with van der Waals surface area (Å²) in [5, 5.41) is 16.8. The Morgan fingerprint density at radius 3 is 0.862 bits per heavy atom. The van der Waals surface area contributed by atoms with E-state index in [-0.39, 0.29) is 29.6 Å². The van der Waals surface area contributed by atoms with Gasteiger partial charge < -0.3 is 10.2 Å². The van der Waals surface area contributed by atoms with Crippen molar-refractivity contribution in [2.75, 3.05) is 0 Å². The summed E-state index contributed by atoms with van der Waals surface area (Å²) >= 11 is 0. The third-order valence-corrected chi connectivity index (χ3v) is 4.99. The van der Waals surface area contributed by atoms with E-state index >= 15 is 0 Å². The molecule has 0 saturated heterocycles. The molecule has 0 aliphatic heterocycles. The normalized spacial score (nSPS) is 10.0. The van der Waals surface area contributed by atoms with Crippen LogP contribution in [0.25, 0.3) is 0 Å². The molecule has 5 heteroatoms. The van der Waals surface area contributed by atoms with Crippen LogP contribution in [-0.4, -0.2) is 51.7 Å². The van der Waals surface area contributed by atoms with Crippen LogP contribution in [0.5, 0.6) is 0 Å². The van der Waals surface area contributed by atoms with Gasteiger partial charge in [-0.25, -0.2) is 0 Å². The van der Waals surface area contributed by atoms with Gasteiger partial charge in [0.1, 0.15) is 0 Å². The van der Waals surface area contributed by atoms with Crippen LogP contribution in [0.2, 0.25) is 0 Å². The van der Waals surface area contributed by atoms with Crippen molar-refractivity contribution in [3.8, 4) is 0 Å². The van der Waals surface area contributed by atoms with Crippen LogP contribution in [0, 0.1) is 0 Å². The first-order chi connectivity index (χ1) is 13.5. The molecule has 0 fully saturated rings. The molecule has 0 radical (unpaired) electrons. The zero-order valence-corrected chi connectivity index (χ0v) is 18.9. The van der Waals surface area contributed by atoms with Crippen molar-refractivity contribution < 1.29 is 19.8 Å². The van der Waals surface area contributed by atoms with Crippen molar-refractivity contribution in [3.05, 3.63) is 0 Å². The molecular weight excluding hydrogens is 375 g/mol. The van der Waals surface area contributed by atoms with E-state index in [0.717, 1.165) is 25.7 Å². The first kappa shape index (κ1) is 33.6. The monoisotopic (exact) mass is 424 g/mol. The van der Waals surface area contributed by atoms with Crippen molar-refractivity contribution >= 4 is 41.5 Å². The number of carbonyl (C=O) groups is 2. The van der Waals surface area contributed by atoms with Gasteiger partial charge in [0, 0.05) is 12.8 Å². The topological polar surface area (TPSA) is 74.6 Å². The van der Waals surface area contributed by atoms with Crippen LogP contribution in [0.3, 0.4) is 0 Å². The standard InChI is InChI=1S/C14H28O2.C10H20O2.Na.H/c1-2-3-4-5-6-7-8-9-10-11-12-13-14(15)16;1-2-3-4-5-6-7-8-9-10(11)12;;/h2-13H2,1H3,(H,15,16);2-9H2,1H3,(H,11,12);;. The van der Waals surface area contributed by atoms with Crippen LogP contribution in [0.4, 0.5) is 0 Å². The Labute approximate surface area is 202 Å². The number of carboxylic acids is 2. The summed E-state index contributed by atoms with van der Waals surface area (Å²) in [5.74, 6) is -1.32. The zero-order chi connectivity index (χ0) is 21.3. The van der Waals surface area contributed by atoms with Gasteiger partial charge in [-0.1, -0.05) is 117 Å². The SMILES string of the molecule is CCCCCCCCCC(=O)O.CCCCCCCCCCCCCC(=O)O.[NaH]. The van der Waals surface area contributed by atoms with Crippen molar-refractivity contribution in [1.29, 1.82) is 0 Å². The van der Waals surface area contributed by atoms with Crippen molar-refractivity contribution in [1.82, 2.24) is 0 Å². The van der Waals surface area contributed by atoms with E-state index in [4.69, 9.17) is 10.2 Å². The van der Waals surface area contributed by atoms with E-state index in [1.165, 1.54) is 89.9 Å². The van der Waals surface area contributed by atoms with E-state index in [2.05, 4.69) is 13.8 Å². The van der Waals surface area contributed by atoms with Crippen molar-refractivity contribution in [2.24, 2.45) is 0 Å². The molecule has 0 amide bonds. The Hall–Kier alpha value is -0.0600. The molecule has 0 rings (SSSR count). The summed E-state index contributed by atoms with van der Waals surface area (Å²) in [5.41, 5.74) is 0. The first-order valence-corrected chi connectivity index (χ1v) is 12.0. The average Bonchev–Trinajstić information content (AvgIpc) is 2.65. The molecule has 170 valence electrons. The molecule has 2 N–H and O–H groups in total. The van der Waals surface area contributed by atoms with Gasteiger partial charge in [0.2, 0.25) is 0 Å². The second-order valence-electron chi connectivity index (χ2n) is 7.94. The molecule has 0 heterocycles. The number of hydrogen-bond acceptors (Lipinski definition) is 2. The fourth-order valence-corrected chi connectivity index (χ4v) is 3.17. The van der Waals surface area contributed by atoms with E-state index in [0.29, 0.717) is 12.8 Å².